The number of aromatic nitrogens is 4. The fraction of sp³-hybridized carbons (Fsp3) is 0.611. The van der Waals surface area contributed by atoms with Gasteiger partial charge in [-0.2, -0.15) is 10.2 Å². The van der Waals surface area contributed by atoms with Gasteiger partial charge in [0.2, 0.25) is 0 Å². The lowest BCUT2D eigenvalue weighted by Crippen LogP contribution is -2.39. The van der Waals surface area contributed by atoms with Crippen molar-refractivity contribution in [2.75, 3.05) is 19.6 Å². The number of nitrogens with one attached hydrogen (secondary N) is 2. The van der Waals surface area contributed by atoms with Crippen LogP contribution in [0.5, 0.6) is 0 Å². The van der Waals surface area contributed by atoms with Crippen LogP contribution in [0.2, 0.25) is 0 Å². The van der Waals surface area contributed by atoms with E-state index in [0.29, 0.717) is 5.96 Å². The van der Waals surface area contributed by atoms with Crippen molar-refractivity contribution < 1.29 is 5.11 Å². The third-order valence-electron chi connectivity index (χ3n) is 4.54. The summed E-state index contributed by atoms with van der Waals surface area (Å²) in [7, 11) is 3.79. The minimum Gasteiger partial charge on any atom is -0.383 e. The molecular weight excluding hydrogens is 330 g/mol. The molecule has 2 heterocycles. The van der Waals surface area contributed by atoms with Gasteiger partial charge in [-0.1, -0.05) is 0 Å². The fourth-order valence-electron chi connectivity index (χ4n) is 2.85. The highest BCUT2D eigenvalue weighted by Gasteiger charge is 2.24. The molecule has 8 nitrogen and oxygen atoms in total. The standard InChI is InChI=1S/C18H31N7O/c1-7-19-17(20-9-8-16-13(2)23-25(6)14(16)3)21-12-18(4,26)15-10-22-24(5)11-15/h10-11,26H,7-9,12H2,1-6H3,(H2,19,20,21). The second kappa shape index (κ2) is 8.35. The molecule has 1 atom stereocenters. The van der Waals surface area contributed by atoms with Gasteiger partial charge in [-0.05, 0) is 39.7 Å². The number of guanidine groups is 1. The summed E-state index contributed by atoms with van der Waals surface area (Å²) in [5.74, 6) is 0.691. The molecule has 2 rings (SSSR count). The molecule has 2 aromatic rings. The Morgan fingerprint density at radius 3 is 2.58 bits per heavy atom. The molecular formula is C18H31N7O. The number of hydrogen-bond donors (Lipinski definition) is 3. The molecule has 3 N–H and O–H groups in total. The van der Waals surface area contributed by atoms with Gasteiger partial charge in [0.15, 0.2) is 5.96 Å². The number of nitrogens with zero attached hydrogens (tertiary/aromatic N) is 5. The molecule has 26 heavy (non-hydrogen) atoms. The molecule has 8 heteroatoms. The first kappa shape index (κ1) is 20.0. The van der Waals surface area contributed by atoms with Gasteiger partial charge in [-0.15, -0.1) is 0 Å². The van der Waals surface area contributed by atoms with E-state index in [2.05, 4.69) is 32.7 Å². The topological polar surface area (TPSA) is 92.3 Å². The maximum absolute atomic E-state index is 10.7. The second-order valence-electron chi connectivity index (χ2n) is 6.82. The van der Waals surface area contributed by atoms with Crippen LogP contribution in [0.1, 0.15) is 36.4 Å². The second-order valence-corrected chi connectivity index (χ2v) is 6.82. The molecule has 0 aliphatic carbocycles. The third kappa shape index (κ3) is 4.85. The van der Waals surface area contributed by atoms with Gasteiger partial charge in [0, 0.05) is 44.6 Å². The molecule has 0 aliphatic rings. The number of aliphatic imine (C=N–C) groups is 1. The highest BCUT2D eigenvalue weighted by molar-refractivity contribution is 5.79. The summed E-state index contributed by atoms with van der Waals surface area (Å²) in [5.41, 5.74) is 3.20. The molecule has 0 saturated heterocycles. The van der Waals surface area contributed by atoms with E-state index < -0.39 is 5.60 Å². The van der Waals surface area contributed by atoms with E-state index in [1.54, 1.807) is 17.8 Å². The first-order valence-corrected chi connectivity index (χ1v) is 8.97. The Kier molecular flexibility index (Phi) is 6.42. The van der Waals surface area contributed by atoms with Crippen molar-refractivity contribution in [3.63, 3.8) is 0 Å². The molecule has 1 unspecified atom stereocenters. The molecule has 0 bridgehead atoms. The lowest BCUT2D eigenvalue weighted by molar-refractivity contribution is 0.0672. The van der Waals surface area contributed by atoms with Crippen LogP contribution in [-0.2, 0) is 26.1 Å². The smallest absolute Gasteiger partial charge is 0.191 e. The van der Waals surface area contributed by atoms with Gasteiger partial charge >= 0.3 is 0 Å². The average Bonchev–Trinajstić information content (AvgIpc) is 3.11. The minimum absolute atomic E-state index is 0.249. The van der Waals surface area contributed by atoms with Crippen molar-refractivity contribution in [2.45, 2.75) is 39.7 Å². The van der Waals surface area contributed by atoms with Crippen molar-refractivity contribution in [1.29, 1.82) is 0 Å². The van der Waals surface area contributed by atoms with Crippen molar-refractivity contribution in [3.05, 3.63) is 34.9 Å². The maximum atomic E-state index is 10.7. The summed E-state index contributed by atoms with van der Waals surface area (Å²) in [6.07, 6.45) is 4.35. The number of rotatable bonds is 7. The quantitative estimate of drug-likeness (QED) is 0.501. The Balaban J connectivity index is 1.98. The fourth-order valence-corrected chi connectivity index (χ4v) is 2.85. The number of aliphatic hydroxyl groups is 1. The van der Waals surface area contributed by atoms with Crippen LogP contribution >= 0.6 is 0 Å². The van der Waals surface area contributed by atoms with E-state index in [9.17, 15) is 5.11 Å². The Morgan fingerprint density at radius 1 is 1.31 bits per heavy atom. The monoisotopic (exact) mass is 361 g/mol. The third-order valence-corrected chi connectivity index (χ3v) is 4.54. The molecule has 0 fully saturated rings. The summed E-state index contributed by atoms with van der Waals surface area (Å²) in [4.78, 5) is 4.54. The summed E-state index contributed by atoms with van der Waals surface area (Å²) >= 11 is 0. The van der Waals surface area contributed by atoms with Crippen molar-refractivity contribution >= 4 is 5.96 Å². The SMILES string of the molecule is CCNC(=NCC(C)(O)c1cnn(C)c1)NCCc1c(C)nn(C)c1C. The lowest BCUT2D eigenvalue weighted by Gasteiger charge is -2.20. The van der Waals surface area contributed by atoms with Crippen LogP contribution < -0.4 is 10.6 Å². The van der Waals surface area contributed by atoms with Crippen LogP contribution in [0.25, 0.3) is 0 Å². The van der Waals surface area contributed by atoms with Gasteiger partial charge in [0.1, 0.15) is 5.60 Å². The molecule has 0 aliphatic heterocycles. The normalized spacial score (nSPS) is 14.3. The molecule has 0 aromatic carbocycles. The van der Waals surface area contributed by atoms with E-state index in [0.717, 1.165) is 30.8 Å². The minimum atomic E-state index is -1.06. The van der Waals surface area contributed by atoms with Crippen molar-refractivity contribution in [2.24, 2.45) is 19.1 Å². The first-order valence-electron chi connectivity index (χ1n) is 8.97. The van der Waals surface area contributed by atoms with Crippen molar-refractivity contribution in [1.82, 2.24) is 30.2 Å². The first-order chi connectivity index (χ1) is 12.2. The van der Waals surface area contributed by atoms with Crippen LogP contribution in [0.3, 0.4) is 0 Å². The van der Waals surface area contributed by atoms with Crippen LogP contribution in [0, 0.1) is 13.8 Å². The maximum Gasteiger partial charge on any atom is 0.191 e. The summed E-state index contributed by atoms with van der Waals surface area (Å²) in [5, 5.41) is 25.8. The zero-order valence-corrected chi connectivity index (χ0v) is 16.7. The molecule has 0 saturated carbocycles. The largest absolute Gasteiger partial charge is 0.383 e. The zero-order valence-electron chi connectivity index (χ0n) is 16.7. The Hall–Kier alpha value is -2.35. The molecule has 2 aromatic heterocycles. The van der Waals surface area contributed by atoms with Gasteiger partial charge in [-0.25, -0.2) is 4.99 Å². The number of hydrogen-bond acceptors (Lipinski definition) is 4. The Bertz CT molecular complexity index is 758. The lowest BCUT2D eigenvalue weighted by atomic mass is 10.0. The predicted octanol–water partition coefficient (Wildman–Crippen LogP) is 0.776. The Labute approximate surface area is 155 Å². The van der Waals surface area contributed by atoms with E-state index in [1.165, 1.54) is 11.3 Å². The Morgan fingerprint density at radius 2 is 2.04 bits per heavy atom. The summed E-state index contributed by atoms with van der Waals surface area (Å²) < 4.78 is 3.59. The molecule has 0 radical (unpaired) electrons. The predicted molar refractivity (Wildman–Crippen MR) is 103 cm³/mol. The van der Waals surface area contributed by atoms with Gasteiger partial charge in [0.05, 0.1) is 18.4 Å². The summed E-state index contributed by atoms with van der Waals surface area (Å²) in [6, 6.07) is 0. The summed E-state index contributed by atoms with van der Waals surface area (Å²) in [6.45, 7) is 9.64. The zero-order chi connectivity index (χ0) is 19.3. The van der Waals surface area contributed by atoms with E-state index >= 15 is 0 Å². The molecule has 144 valence electrons. The molecule has 0 spiro atoms. The van der Waals surface area contributed by atoms with Crippen LogP contribution in [0.4, 0.5) is 0 Å². The average molecular weight is 361 g/mol. The number of aryl methyl sites for hydroxylation is 3. The van der Waals surface area contributed by atoms with Gasteiger partial charge < -0.3 is 15.7 Å². The van der Waals surface area contributed by atoms with Crippen LogP contribution in [0.15, 0.2) is 17.4 Å². The highest BCUT2D eigenvalue weighted by Crippen LogP contribution is 2.19. The van der Waals surface area contributed by atoms with E-state index in [-0.39, 0.29) is 6.54 Å². The van der Waals surface area contributed by atoms with E-state index in [4.69, 9.17) is 0 Å². The molecule has 0 amide bonds. The highest BCUT2D eigenvalue weighted by atomic mass is 16.3. The van der Waals surface area contributed by atoms with Gasteiger partial charge in [-0.3, -0.25) is 9.36 Å². The van der Waals surface area contributed by atoms with Gasteiger partial charge in [0.25, 0.3) is 0 Å². The van der Waals surface area contributed by atoms with E-state index in [1.807, 2.05) is 38.8 Å². The van der Waals surface area contributed by atoms with Crippen LogP contribution in [-0.4, -0.2) is 50.3 Å². The van der Waals surface area contributed by atoms with Crippen molar-refractivity contribution in [3.8, 4) is 0 Å².